The smallest absolute Gasteiger partial charge is 0.355 e. The number of carbonyl (C=O) groups excluding carboxylic acids is 4. The number of anilines is 1. The average Bonchev–Trinajstić information content (AvgIpc) is 3.08. The Morgan fingerprint density at radius 1 is 1.19 bits per heavy atom. The maximum Gasteiger partial charge on any atom is 0.355 e. The Kier molecular flexibility index (Phi) is 4.70. The molecule has 27 heavy (non-hydrogen) atoms. The highest BCUT2D eigenvalue weighted by molar-refractivity contribution is 6.05. The molecule has 140 valence electrons. The number of amides is 1. The summed E-state index contributed by atoms with van der Waals surface area (Å²) in [6, 6.07) is 4.90. The van der Waals surface area contributed by atoms with E-state index in [4.69, 9.17) is 4.74 Å². The van der Waals surface area contributed by atoms with Gasteiger partial charge in [0.15, 0.2) is 18.2 Å². The molecule has 0 spiro atoms. The number of esters is 1. The van der Waals surface area contributed by atoms with E-state index in [2.05, 4.69) is 10.3 Å². The second kappa shape index (κ2) is 6.83. The van der Waals surface area contributed by atoms with Gasteiger partial charge in [0.2, 0.25) is 5.91 Å². The number of rotatable bonds is 5. The van der Waals surface area contributed by atoms with Gasteiger partial charge in [0.1, 0.15) is 5.69 Å². The van der Waals surface area contributed by atoms with Gasteiger partial charge in [-0.05, 0) is 57.0 Å². The lowest BCUT2D eigenvalue weighted by Gasteiger charge is -2.07. The summed E-state index contributed by atoms with van der Waals surface area (Å²) in [5, 5.41) is 2.74. The van der Waals surface area contributed by atoms with Crippen LogP contribution in [-0.2, 0) is 9.53 Å². The van der Waals surface area contributed by atoms with E-state index in [1.54, 1.807) is 39.0 Å². The fourth-order valence-electron chi connectivity index (χ4n) is 3.36. The van der Waals surface area contributed by atoms with Crippen molar-refractivity contribution in [2.24, 2.45) is 0 Å². The van der Waals surface area contributed by atoms with Crippen LogP contribution in [0.2, 0.25) is 0 Å². The summed E-state index contributed by atoms with van der Waals surface area (Å²) in [6.07, 6.45) is 0. The molecule has 7 nitrogen and oxygen atoms in total. The van der Waals surface area contributed by atoms with Gasteiger partial charge in [-0.1, -0.05) is 0 Å². The highest BCUT2D eigenvalue weighted by Crippen LogP contribution is 2.32. The summed E-state index contributed by atoms with van der Waals surface area (Å²) in [6.45, 7) is 6.12. The van der Waals surface area contributed by atoms with Gasteiger partial charge in [0, 0.05) is 22.5 Å². The summed E-state index contributed by atoms with van der Waals surface area (Å²) in [5.41, 5.74) is 3.53. The molecule has 1 aromatic heterocycles. The number of H-pyrrole nitrogens is 1. The average molecular weight is 368 g/mol. The molecule has 1 amide bonds. The van der Waals surface area contributed by atoms with Gasteiger partial charge < -0.3 is 15.0 Å². The van der Waals surface area contributed by atoms with Crippen LogP contribution >= 0.6 is 0 Å². The van der Waals surface area contributed by atoms with Crippen LogP contribution in [0.15, 0.2) is 18.2 Å². The Balaban J connectivity index is 1.72. The quantitative estimate of drug-likeness (QED) is 0.623. The molecule has 7 heteroatoms. The number of Topliss-reactive ketones (excluding diaryl/α,β-unsaturated/α-hetero) is 2. The summed E-state index contributed by atoms with van der Waals surface area (Å²) in [5.74, 6) is -1.65. The fraction of sp³-hybridized carbons (Fsp3) is 0.300. The third kappa shape index (κ3) is 3.28. The molecule has 2 aromatic rings. The number of nitrogens with one attached hydrogen (secondary N) is 2. The van der Waals surface area contributed by atoms with Gasteiger partial charge in [-0.2, -0.15) is 0 Å². The molecule has 0 saturated heterocycles. The zero-order chi connectivity index (χ0) is 19.9. The lowest BCUT2D eigenvalue weighted by molar-refractivity contribution is -0.116. The third-order valence-corrected chi connectivity index (χ3v) is 4.82. The normalized spacial score (nSPS) is 15.3. The van der Waals surface area contributed by atoms with Gasteiger partial charge in [-0.25, -0.2) is 4.79 Å². The minimum atomic E-state index is -0.692. The summed E-state index contributed by atoms with van der Waals surface area (Å²) in [7, 11) is 0. The van der Waals surface area contributed by atoms with E-state index in [0.717, 1.165) is 5.56 Å². The van der Waals surface area contributed by atoms with Crippen LogP contribution in [0.4, 0.5) is 5.69 Å². The second-order valence-electron chi connectivity index (χ2n) is 6.69. The molecule has 0 bridgehead atoms. The fourth-order valence-corrected chi connectivity index (χ4v) is 3.36. The van der Waals surface area contributed by atoms with Crippen molar-refractivity contribution in [3.8, 4) is 0 Å². The molecule has 1 atom stereocenters. The van der Waals surface area contributed by atoms with E-state index >= 15 is 0 Å². The molecule has 0 radical (unpaired) electrons. The van der Waals surface area contributed by atoms with Crippen LogP contribution in [0.1, 0.15) is 67.8 Å². The van der Waals surface area contributed by atoms with E-state index in [-0.39, 0.29) is 29.1 Å². The summed E-state index contributed by atoms with van der Waals surface area (Å²) < 4.78 is 5.13. The first kappa shape index (κ1) is 18.6. The van der Waals surface area contributed by atoms with Crippen LogP contribution in [-0.4, -0.2) is 35.0 Å². The SMILES string of the molecule is CC(=O)c1c(C)[nH]c(C(=O)OCC(=O)c2ccc3c(c2)[C@H](C)C(=O)N3)c1C. The van der Waals surface area contributed by atoms with E-state index in [9.17, 15) is 19.2 Å². The van der Waals surface area contributed by atoms with Gasteiger partial charge in [-0.15, -0.1) is 0 Å². The minimum absolute atomic E-state index is 0.111. The van der Waals surface area contributed by atoms with Gasteiger partial charge >= 0.3 is 5.97 Å². The largest absolute Gasteiger partial charge is 0.453 e. The molecule has 2 heterocycles. The van der Waals surface area contributed by atoms with Crippen LogP contribution in [0, 0.1) is 13.8 Å². The zero-order valence-electron chi connectivity index (χ0n) is 15.6. The first-order valence-electron chi connectivity index (χ1n) is 8.56. The summed E-state index contributed by atoms with van der Waals surface area (Å²) in [4.78, 5) is 50.9. The number of hydrogen-bond acceptors (Lipinski definition) is 5. The van der Waals surface area contributed by atoms with Crippen LogP contribution in [0.3, 0.4) is 0 Å². The zero-order valence-corrected chi connectivity index (χ0v) is 15.6. The lowest BCUT2D eigenvalue weighted by Crippen LogP contribution is -2.15. The molecule has 1 aliphatic rings. The van der Waals surface area contributed by atoms with Crippen LogP contribution < -0.4 is 5.32 Å². The topological polar surface area (TPSA) is 105 Å². The van der Waals surface area contributed by atoms with Crippen LogP contribution in [0.5, 0.6) is 0 Å². The van der Waals surface area contributed by atoms with Crippen molar-refractivity contribution < 1.29 is 23.9 Å². The molecule has 1 aliphatic heterocycles. The summed E-state index contributed by atoms with van der Waals surface area (Å²) >= 11 is 0. The number of ether oxygens (including phenoxy) is 1. The number of aromatic amines is 1. The molecule has 0 unspecified atom stereocenters. The number of hydrogen-bond donors (Lipinski definition) is 2. The number of carbonyl (C=O) groups is 4. The van der Waals surface area contributed by atoms with Gasteiger partial charge in [-0.3, -0.25) is 14.4 Å². The predicted octanol–water partition coefficient (Wildman–Crippen LogP) is 2.93. The maximum atomic E-state index is 12.4. The predicted molar refractivity (Wildman–Crippen MR) is 98.4 cm³/mol. The first-order valence-corrected chi connectivity index (χ1v) is 8.56. The molecule has 0 aliphatic carbocycles. The molecule has 0 saturated carbocycles. The number of aromatic nitrogens is 1. The second-order valence-corrected chi connectivity index (χ2v) is 6.69. The first-order chi connectivity index (χ1) is 12.7. The highest BCUT2D eigenvalue weighted by Gasteiger charge is 2.27. The van der Waals surface area contributed by atoms with Crippen LogP contribution in [0.25, 0.3) is 0 Å². The standard InChI is InChI=1S/C20H20N2O5/c1-9-14-7-13(5-6-15(14)22-19(9)25)16(24)8-27-20(26)18-10(2)17(12(4)23)11(3)21-18/h5-7,9,21H,8H2,1-4H3,(H,22,25)/t9-/m0/s1. The van der Waals surface area contributed by atoms with Crippen molar-refractivity contribution in [1.29, 1.82) is 0 Å². The highest BCUT2D eigenvalue weighted by atomic mass is 16.5. The molecule has 1 aromatic carbocycles. The Bertz CT molecular complexity index is 986. The minimum Gasteiger partial charge on any atom is -0.453 e. The van der Waals surface area contributed by atoms with Crippen molar-refractivity contribution in [1.82, 2.24) is 4.98 Å². The van der Waals surface area contributed by atoms with Crippen molar-refractivity contribution >= 4 is 29.1 Å². The van der Waals surface area contributed by atoms with E-state index < -0.39 is 12.6 Å². The van der Waals surface area contributed by atoms with E-state index in [0.29, 0.717) is 28.1 Å². The molecule has 0 fully saturated rings. The van der Waals surface area contributed by atoms with E-state index in [1.807, 2.05) is 0 Å². The van der Waals surface area contributed by atoms with Gasteiger partial charge in [0.25, 0.3) is 0 Å². The Hall–Kier alpha value is -3.22. The van der Waals surface area contributed by atoms with Gasteiger partial charge in [0.05, 0.1) is 5.92 Å². The number of ketones is 2. The Morgan fingerprint density at radius 2 is 1.89 bits per heavy atom. The third-order valence-electron chi connectivity index (χ3n) is 4.82. The molecule has 3 rings (SSSR count). The lowest BCUT2D eigenvalue weighted by atomic mass is 9.99. The van der Waals surface area contributed by atoms with E-state index in [1.165, 1.54) is 6.92 Å². The number of benzene rings is 1. The van der Waals surface area contributed by atoms with Crippen molar-refractivity contribution in [2.45, 2.75) is 33.6 Å². The Labute approximate surface area is 156 Å². The molecular weight excluding hydrogens is 348 g/mol. The molecule has 2 N–H and O–H groups in total. The number of fused-ring (bicyclic) bond motifs is 1. The van der Waals surface area contributed by atoms with Crippen molar-refractivity contribution in [3.63, 3.8) is 0 Å². The Morgan fingerprint density at radius 3 is 2.52 bits per heavy atom. The van der Waals surface area contributed by atoms with Crippen molar-refractivity contribution in [2.75, 3.05) is 11.9 Å². The van der Waals surface area contributed by atoms with Crippen molar-refractivity contribution in [3.05, 3.63) is 51.8 Å². The molecular formula is C20H20N2O5. The number of aryl methyl sites for hydroxylation is 1. The monoisotopic (exact) mass is 368 g/mol. The maximum absolute atomic E-state index is 12.4.